The van der Waals surface area contributed by atoms with Crippen LogP contribution in [0.15, 0.2) is 24.3 Å². The maximum absolute atomic E-state index is 5.75. The van der Waals surface area contributed by atoms with Gasteiger partial charge in [0.05, 0.1) is 17.7 Å². The van der Waals surface area contributed by atoms with E-state index in [1.807, 2.05) is 19.2 Å². The molecule has 1 aliphatic carbocycles. The number of benzene rings is 1. The van der Waals surface area contributed by atoms with Crippen LogP contribution in [0.2, 0.25) is 0 Å². The number of hydrogen-bond acceptors (Lipinski definition) is 3. The summed E-state index contributed by atoms with van der Waals surface area (Å²) in [6.45, 7) is 4.17. The molecular weight excluding hydrogens is 226 g/mol. The van der Waals surface area contributed by atoms with Crippen molar-refractivity contribution in [3.05, 3.63) is 29.8 Å². The van der Waals surface area contributed by atoms with Crippen molar-refractivity contribution in [3.8, 4) is 5.75 Å². The Morgan fingerprint density at radius 3 is 2.28 bits per heavy atom. The summed E-state index contributed by atoms with van der Waals surface area (Å²) >= 11 is 0. The summed E-state index contributed by atoms with van der Waals surface area (Å²) in [5, 5.41) is 3.32. The quantitative estimate of drug-likeness (QED) is 0.841. The predicted octanol–water partition coefficient (Wildman–Crippen LogP) is 2.91. The molecule has 1 fully saturated rings. The van der Waals surface area contributed by atoms with Crippen LogP contribution in [-0.4, -0.2) is 25.9 Å². The Morgan fingerprint density at radius 2 is 1.83 bits per heavy atom. The number of likely N-dealkylation sites (N-methyl/N-ethyl adjacent to an activating group) is 1. The lowest BCUT2D eigenvalue weighted by molar-refractivity contribution is -0.00900. The molecule has 0 heterocycles. The molecule has 1 aromatic rings. The molecule has 1 aliphatic rings. The first-order chi connectivity index (χ1) is 8.56. The Labute approximate surface area is 109 Å². The van der Waals surface area contributed by atoms with E-state index in [0.29, 0.717) is 6.10 Å². The van der Waals surface area contributed by atoms with Crippen molar-refractivity contribution in [2.45, 2.75) is 44.4 Å². The highest BCUT2D eigenvalue weighted by molar-refractivity contribution is 5.31. The first kappa shape index (κ1) is 13.4. The van der Waals surface area contributed by atoms with E-state index < -0.39 is 0 Å². The maximum Gasteiger partial charge on any atom is 0.119 e. The van der Waals surface area contributed by atoms with Crippen molar-refractivity contribution in [1.29, 1.82) is 0 Å². The molecule has 18 heavy (non-hydrogen) atoms. The minimum atomic E-state index is -0.242. The van der Waals surface area contributed by atoms with Crippen LogP contribution < -0.4 is 10.1 Å². The molecule has 1 atom stereocenters. The standard InChI is InChI=1S/C15H23NO2/c1-15(2,17-4)14(16-3)11-5-7-12(8-6-11)18-13-9-10-13/h5-8,13-14,16H,9-10H2,1-4H3. The first-order valence-corrected chi connectivity index (χ1v) is 6.56. The number of methoxy groups -OCH3 is 1. The van der Waals surface area contributed by atoms with Crippen molar-refractivity contribution in [3.63, 3.8) is 0 Å². The molecule has 1 saturated carbocycles. The average molecular weight is 249 g/mol. The highest BCUT2D eigenvalue weighted by Gasteiger charge is 2.29. The van der Waals surface area contributed by atoms with Crippen LogP contribution in [0.5, 0.6) is 5.75 Å². The Hall–Kier alpha value is -1.06. The second-order valence-electron chi connectivity index (χ2n) is 5.42. The zero-order chi connectivity index (χ0) is 13.2. The zero-order valence-electron chi connectivity index (χ0n) is 11.7. The SMILES string of the molecule is CNC(c1ccc(OC2CC2)cc1)C(C)(C)OC. The molecule has 0 aliphatic heterocycles. The lowest BCUT2D eigenvalue weighted by Gasteiger charge is -2.33. The topological polar surface area (TPSA) is 30.5 Å². The molecule has 0 amide bonds. The fraction of sp³-hybridized carbons (Fsp3) is 0.600. The van der Waals surface area contributed by atoms with Gasteiger partial charge in [-0.1, -0.05) is 12.1 Å². The van der Waals surface area contributed by atoms with Crippen LogP contribution in [0, 0.1) is 0 Å². The van der Waals surface area contributed by atoms with Crippen molar-refractivity contribution in [2.75, 3.05) is 14.2 Å². The predicted molar refractivity (Wildman–Crippen MR) is 73.0 cm³/mol. The van der Waals surface area contributed by atoms with E-state index in [2.05, 4.69) is 31.3 Å². The molecule has 0 saturated heterocycles. The van der Waals surface area contributed by atoms with E-state index in [1.165, 1.54) is 18.4 Å². The molecule has 0 spiro atoms. The van der Waals surface area contributed by atoms with Crippen molar-refractivity contribution >= 4 is 0 Å². The monoisotopic (exact) mass is 249 g/mol. The second-order valence-corrected chi connectivity index (χ2v) is 5.42. The summed E-state index contributed by atoms with van der Waals surface area (Å²) in [6.07, 6.45) is 2.83. The zero-order valence-corrected chi connectivity index (χ0v) is 11.7. The number of rotatable bonds is 6. The molecule has 2 rings (SSSR count). The van der Waals surface area contributed by atoms with Gasteiger partial charge in [-0.2, -0.15) is 0 Å². The molecule has 1 unspecified atom stereocenters. The molecule has 100 valence electrons. The van der Waals surface area contributed by atoms with Gasteiger partial charge in [-0.25, -0.2) is 0 Å². The summed E-state index contributed by atoms with van der Waals surface area (Å²) in [5.74, 6) is 0.964. The van der Waals surface area contributed by atoms with E-state index in [-0.39, 0.29) is 11.6 Å². The minimum Gasteiger partial charge on any atom is -0.490 e. The molecule has 1 aromatic carbocycles. The lowest BCUT2D eigenvalue weighted by Crippen LogP contribution is -2.39. The van der Waals surface area contributed by atoms with Crippen LogP contribution in [0.1, 0.15) is 38.3 Å². The van der Waals surface area contributed by atoms with E-state index >= 15 is 0 Å². The van der Waals surface area contributed by atoms with Crippen LogP contribution in [-0.2, 0) is 4.74 Å². The summed E-state index contributed by atoms with van der Waals surface area (Å²) in [4.78, 5) is 0. The molecule has 1 N–H and O–H groups in total. The second kappa shape index (κ2) is 5.29. The van der Waals surface area contributed by atoms with Crippen LogP contribution in [0.25, 0.3) is 0 Å². The van der Waals surface area contributed by atoms with Gasteiger partial charge in [-0.15, -0.1) is 0 Å². The Bertz CT molecular complexity index is 382. The molecule has 3 nitrogen and oxygen atoms in total. The fourth-order valence-electron chi connectivity index (χ4n) is 2.15. The number of nitrogens with one attached hydrogen (secondary N) is 1. The normalized spacial score (nSPS) is 17.6. The van der Waals surface area contributed by atoms with Gasteiger partial charge in [0.15, 0.2) is 0 Å². The van der Waals surface area contributed by atoms with Crippen molar-refractivity contribution < 1.29 is 9.47 Å². The summed E-state index contributed by atoms with van der Waals surface area (Å²) in [5.41, 5.74) is 0.973. The molecular formula is C15H23NO2. The molecule has 3 heteroatoms. The van der Waals surface area contributed by atoms with Gasteiger partial charge >= 0.3 is 0 Å². The van der Waals surface area contributed by atoms with E-state index in [1.54, 1.807) is 7.11 Å². The summed E-state index contributed by atoms with van der Waals surface area (Å²) in [7, 11) is 3.70. The van der Waals surface area contributed by atoms with Crippen molar-refractivity contribution in [2.24, 2.45) is 0 Å². The van der Waals surface area contributed by atoms with E-state index in [4.69, 9.17) is 9.47 Å². The maximum atomic E-state index is 5.75. The third-order valence-corrected chi connectivity index (χ3v) is 3.55. The number of hydrogen-bond donors (Lipinski definition) is 1. The van der Waals surface area contributed by atoms with Crippen molar-refractivity contribution in [1.82, 2.24) is 5.32 Å². The molecule has 0 aromatic heterocycles. The van der Waals surface area contributed by atoms with Gasteiger partial charge in [-0.05, 0) is 51.4 Å². The molecule has 0 radical (unpaired) electrons. The van der Waals surface area contributed by atoms with Gasteiger partial charge in [0.25, 0.3) is 0 Å². The van der Waals surface area contributed by atoms with E-state index in [0.717, 1.165) is 5.75 Å². The highest BCUT2D eigenvalue weighted by atomic mass is 16.5. The number of ether oxygens (including phenoxy) is 2. The molecule has 0 bridgehead atoms. The summed E-state index contributed by atoms with van der Waals surface area (Å²) in [6, 6.07) is 8.48. The van der Waals surface area contributed by atoms with Gasteiger partial charge in [0, 0.05) is 7.11 Å². The van der Waals surface area contributed by atoms with Crippen LogP contribution in [0.4, 0.5) is 0 Å². The largest absolute Gasteiger partial charge is 0.490 e. The van der Waals surface area contributed by atoms with Gasteiger partial charge in [-0.3, -0.25) is 0 Å². The summed E-state index contributed by atoms with van der Waals surface area (Å²) < 4.78 is 11.3. The smallest absolute Gasteiger partial charge is 0.119 e. The van der Waals surface area contributed by atoms with Gasteiger partial charge in [0.2, 0.25) is 0 Å². The lowest BCUT2D eigenvalue weighted by atomic mass is 9.92. The van der Waals surface area contributed by atoms with Gasteiger partial charge in [0.1, 0.15) is 5.75 Å². The first-order valence-electron chi connectivity index (χ1n) is 6.56. The van der Waals surface area contributed by atoms with Gasteiger partial charge < -0.3 is 14.8 Å². The average Bonchev–Trinajstić information content (AvgIpc) is 3.16. The Kier molecular flexibility index (Phi) is 3.93. The third kappa shape index (κ3) is 3.03. The van der Waals surface area contributed by atoms with E-state index in [9.17, 15) is 0 Å². The fourth-order valence-corrected chi connectivity index (χ4v) is 2.15. The van der Waals surface area contributed by atoms with Crippen LogP contribution in [0.3, 0.4) is 0 Å². The highest BCUT2D eigenvalue weighted by Crippen LogP contribution is 2.31. The minimum absolute atomic E-state index is 0.164. The third-order valence-electron chi connectivity index (χ3n) is 3.55. The van der Waals surface area contributed by atoms with Crippen LogP contribution >= 0.6 is 0 Å². The Balaban J connectivity index is 2.10. The Morgan fingerprint density at radius 1 is 1.22 bits per heavy atom.